The summed E-state index contributed by atoms with van der Waals surface area (Å²) in [6, 6.07) is 5.31. The molecule has 0 atom stereocenters. The zero-order chi connectivity index (χ0) is 13.8. The van der Waals surface area contributed by atoms with Crippen LogP contribution in [0.5, 0.6) is 0 Å². The van der Waals surface area contributed by atoms with Crippen molar-refractivity contribution >= 4 is 17.3 Å². The van der Waals surface area contributed by atoms with Gasteiger partial charge in [0.1, 0.15) is 5.82 Å². The van der Waals surface area contributed by atoms with Crippen LogP contribution >= 0.6 is 11.6 Å². The maximum atomic E-state index is 14.0. The highest BCUT2D eigenvalue weighted by Gasteiger charge is 2.19. The molecule has 0 saturated carbocycles. The first-order valence-corrected chi connectivity index (χ1v) is 7.45. The highest BCUT2D eigenvalue weighted by atomic mass is 35.5. The highest BCUT2D eigenvalue weighted by molar-refractivity contribution is 6.17. The molecule has 1 aliphatic rings. The van der Waals surface area contributed by atoms with Crippen LogP contribution in [0.25, 0.3) is 0 Å². The summed E-state index contributed by atoms with van der Waals surface area (Å²) in [5.41, 5.74) is 1.54. The Bertz CT molecular complexity index is 415. The minimum absolute atomic E-state index is 0.157. The number of alkyl halides is 1. The van der Waals surface area contributed by atoms with Gasteiger partial charge >= 0.3 is 0 Å². The van der Waals surface area contributed by atoms with Crippen molar-refractivity contribution in [2.75, 3.05) is 37.6 Å². The first-order valence-electron chi connectivity index (χ1n) is 6.92. The summed E-state index contributed by atoms with van der Waals surface area (Å²) in [6.07, 6.45) is 0. The summed E-state index contributed by atoms with van der Waals surface area (Å²) in [5, 5.41) is 0. The Morgan fingerprint density at radius 1 is 1.21 bits per heavy atom. The fourth-order valence-corrected chi connectivity index (χ4v) is 2.74. The lowest BCUT2D eigenvalue weighted by atomic mass is 10.1. The molecule has 0 radical (unpaired) electrons. The van der Waals surface area contributed by atoms with E-state index in [1.165, 1.54) is 0 Å². The molecule has 0 N–H and O–H groups in total. The van der Waals surface area contributed by atoms with Crippen molar-refractivity contribution in [1.29, 1.82) is 0 Å². The topological polar surface area (TPSA) is 6.48 Å². The SMILES string of the molecule is CC(C)CN1CCN(c2ccc(CCl)cc2F)CC1. The summed E-state index contributed by atoms with van der Waals surface area (Å²) in [4.78, 5) is 4.58. The van der Waals surface area contributed by atoms with Crippen LogP contribution in [0.4, 0.5) is 10.1 Å². The summed E-state index contributed by atoms with van der Waals surface area (Å²) in [7, 11) is 0. The zero-order valence-electron chi connectivity index (χ0n) is 11.7. The second kappa shape index (κ2) is 6.58. The average Bonchev–Trinajstić information content (AvgIpc) is 2.39. The Morgan fingerprint density at radius 2 is 1.89 bits per heavy atom. The lowest BCUT2D eigenvalue weighted by Crippen LogP contribution is -2.47. The van der Waals surface area contributed by atoms with Gasteiger partial charge in [-0.05, 0) is 23.6 Å². The van der Waals surface area contributed by atoms with E-state index in [2.05, 4.69) is 23.6 Å². The van der Waals surface area contributed by atoms with Crippen LogP contribution in [0.15, 0.2) is 18.2 Å². The van der Waals surface area contributed by atoms with E-state index in [9.17, 15) is 4.39 Å². The molecule has 4 heteroatoms. The smallest absolute Gasteiger partial charge is 0.146 e. The van der Waals surface area contributed by atoms with E-state index in [0.29, 0.717) is 17.5 Å². The fraction of sp³-hybridized carbons (Fsp3) is 0.600. The Hall–Kier alpha value is -0.800. The molecule has 0 bridgehead atoms. The number of halogens is 2. The number of hydrogen-bond donors (Lipinski definition) is 0. The van der Waals surface area contributed by atoms with Gasteiger partial charge in [-0.25, -0.2) is 4.39 Å². The maximum Gasteiger partial charge on any atom is 0.146 e. The molecule has 1 heterocycles. The van der Waals surface area contributed by atoms with Crippen molar-refractivity contribution in [1.82, 2.24) is 4.90 Å². The molecule has 0 spiro atoms. The average molecular weight is 285 g/mol. The monoisotopic (exact) mass is 284 g/mol. The van der Waals surface area contributed by atoms with Crippen molar-refractivity contribution in [3.05, 3.63) is 29.6 Å². The van der Waals surface area contributed by atoms with Gasteiger partial charge in [-0.1, -0.05) is 19.9 Å². The molecular weight excluding hydrogens is 263 g/mol. The number of nitrogens with zero attached hydrogens (tertiary/aromatic N) is 2. The van der Waals surface area contributed by atoms with E-state index >= 15 is 0 Å². The molecule has 0 amide bonds. The second-order valence-electron chi connectivity index (χ2n) is 5.60. The Morgan fingerprint density at radius 3 is 2.42 bits per heavy atom. The van der Waals surface area contributed by atoms with E-state index in [4.69, 9.17) is 11.6 Å². The van der Waals surface area contributed by atoms with Crippen LogP contribution in [0, 0.1) is 11.7 Å². The van der Waals surface area contributed by atoms with Crippen LogP contribution in [-0.2, 0) is 5.88 Å². The summed E-state index contributed by atoms with van der Waals surface area (Å²) in [5.74, 6) is 0.890. The van der Waals surface area contributed by atoms with Gasteiger partial charge in [0.25, 0.3) is 0 Å². The third kappa shape index (κ3) is 3.83. The lowest BCUT2D eigenvalue weighted by molar-refractivity contribution is 0.231. The van der Waals surface area contributed by atoms with Crippen LogP contribution < -0.4 is 4.90 Å². The first kappa shape index (κ1) is 14.6. The molecule has 2 rings (SSSR count). The van der Waals surface area contributed by atoms with Crippen molar-refractivity contribution in [3.8, 4) is 0 Å². The van der Waals surface area contributed by atoms with Gasteiger partial charge in [0.05, 0.1) is 5.69 Å². The number of hydrogen-bond acceptors (Lipinski definition) is 2. The maximum absolute atomic E-state index is 14.0. The van der Waals surface area contributed by atoms with E-state index < -0.39 is 0 Å². The van der Waals surface area contributed by atoms with Crippen LogP contribution in [0.1, 0.15) is 19.4 Å². The standard InChI is InChI=1S/C15H22ClFN2/c1-12(2)11-18-5-7-19(8-6-18)15-4-3-13(10-16)9-14(15)17/h3-4,9,12H,5-8,10-11H2,1-2H3. The predicted octanol–water partition coefficient (Wildman–Crippen LogP) is 3.34. The molecule has 1 saturated heterocycles. The van der Waals surface area contributed by atoms with E-state index in [1.807, 2.05) is 12.1 Å². The van der Waals surface area contributed by atoms with Crippen LogP contribution in [0.2, 0.25) is 0 Å². The zero-order valence-corrected chi connectivity index (χ0v) is 12.5. The molecule has 0 aromatic heterocycles. The van der Waals surface area contributed by atoms with Crippen molar-refractivity contribution < 1.29 is 4.39 Å². The van der Waals surface area contributed by atoms with E-state index in [0.717, 1.165) is 38.3 Å². The van der Waals surface area contributed by atoms with Gasteiger partial charge in [0, 0.05) is 38.6 Å². The molecule has 1 aromatic carbocycles. The minimum Gasteiger partial charge on any atom is -0.367 e. The number of piperazine rings is 1. The van der Waals surface area contributed by atoms with E-state index in [-0.39, 0.29) is 5.82 Å². The fourth-order valence-electron chi connectivity index (χ4n) is 2.58. The first-order chi connectivity index (χ1) is 9.10. The van der Waals surface area contributed by atoms with Crippen molar-refractivity contribution in [3.63, 3.8) is 0 Å². The molecule has 2 nitrogen and oxygen atoms in total. The van der Waals surface area contributed by atoms with Gasteiger partial charge < -0.3 is 4.90 Å². The van der Waals surface area contributed by atoms with Gasteiger partial charge in [-0.2, -0.15) is 0 Å². The van der Waals surface area contributed by atoms with Gasteiger partial charge in [0.2, 0.25) is 0 Å². The van der Waals surface area contributed by atoms with Crippen molar-refractivity contribution in [2.45, 2.75) is 19.7 Å². The Balaban J connectivity index is 1.97. The van der Waals surface area contributed by atoms with Crippen LogP contribution in [-0.4, -0.2) is 37.6 Å². The quantitative estimate of drug-likeness (QED) is 0.783. The number of anilines is 1. The molecule has 19 heavy (non-hydrogen) atoms. The second-order valence-corrected chi connectivity index (χ2v) is 5.87. The minimum atomic E-state index is -0.157. The highest BCUT2D eigenvalue weighted by Crippen LogP contribution is 2.22. The molecule has 0 aliphatic carbocycles. The molecular formula is C15H22ClFN2. The number of benzene rings is 1. The predicted molar refractivity (Wildman–Crippen MR) is 79.4 cm³/mol. The summed E-state index contributed by atoms with van der Waals surface area (Å²) >= 11 is 5.72. The Labute approximate surface area is 120 Å². The largest absolute Gasteiger partial charge is 0.367 e. The van der Waals surface area contributed by atoms with E-state index in [1.54, 1.807) is 6.07 Å². The lowest BCUT2D eigenvalue weighted by Gasteiger charge is -2.37. The van der Waals surface area contributed by atoms with Gasteiger partial charge in [0.15, 0.2) is 0 Å². The molecule has 106 valence electrons. The van der Waals surface area contributed by atoms with Crippen molar-refractivity contribution in [2.24, 2.45) is 5.92 Å². The number of rotatable bonds is 4. The third-order valence-corrected chi connectivity index (χ3v) is 3.81. The molecule has 1 fully saturated rings. The molecule has 1 aliphatic heterocycles. The van der Waals surface area contributed by atoms with Gasteiger partial charge in [-0.3, -0.25) is 4.90 Å². The van der Waals surface area contributed by atoms with Gasteiger partial charge in [-0.15, -0.1) is 11.6 Å². The Kier molecular flexibility index (Phi) is 5.06. The summed E-state index contributed by atoms with van der Waals surface area (Å²) < 4.78 is 14.0. The van der Waals surface area contributed by atoms with Crippen LogP contribution in [0.3, 0.4) is 0 Å². The third-order valence-electron chi connectivity index (χ3n) is 3.50. The summed E-state index contributed by atoms with van der Waals surface area (Å²) in [6.45, 7) is 9.40. The molecule has 0 unspecified atom stereocenters. The molecule has 1 aromatic rings. The normalized spacial score (nSPS) is 17.2.